The van der Waals surface area contributed by atoms with E-state index in [0.29, 0.717) is 24.3 Å². The monoisotopic (exact) mass is 248 g/mol. The van der Waals surface area contributed by atoms with Crippen molar-refractivity contribution in [3.63, 3.8) is 0 Å². The SMILES string of the molecule is N#CCCCOC(=O)CCOc1cccc(N)c1. The van der Waals surface area contributed by atoms with E-state index in [1.165, 1.54) is 0 Å². The first-order valence-corrected chi connectivity index (χ1v) is 5.73. The lowest BCUT2D eigenvalue weighted by atomic mass is 10.3. The molecule has 1 rings (SSSR count). The van der Waals surface area contributed by atoms with E-state index >= 15 is 0 Å². The molecule has 0 spiro atoms. The summed E-state index contributed by atoms with van der Waals surface area (Å²) in [5, 5.41) is 8.30. The van der Waals surface area contributed by atoms with Gasteiger partial charge in [-0.05, 0) is 18.6 Å². The Balaban J connectivity index is 2.14. The predicted molar refractivity (Wildman–Crippen MR) is 66.8 cm³/mol. The summed E-state index contributed by atoms with van der Waals surface area (Å²) in [6.45, 7) is 0.533. The van der Waals surface area contributed by atoms with Crippen molar-refractivity contribution >= 4 is 11.7 Å². The van der Waals surface area contributed by atoms with E-state index < -0.39 is 0 Å². The van der Waals surface area contributed by atoms with Crippen LogP contribution in [0.5, 0.6) is 5.75 Å². The summed E-state index contributed by atoms with van der Waals surface area (Å²) in [6.07, 6.45) is 1.15. The molecule has 0 radical (unpaired) electrons. The number of nitrogen functional groups attached to an aromatic ring is 1. The number of benzene rings is 1. The summed E-state index contributed by atoms with van der Waals surface area (Å²) in [4.78, 5) is 11.3. The molecule has 2 N–H and O–H groups in total. The van der Waals surface area contributed by atoms with E-state index in [2.05, 4.69) is 0 Å². The second-order valence-electron chi connectivity index (χ2n) is 3.65. The molecular formula is C13H16N2O3. The number of carbonyl (C=O) groups excluding carboxylic acids is 1. The summed E-state index contributed by atoms with van der Waals surface area (Å²) >= 11 is 0. The first-order chi connectivity index (χ1) is 8.72. The van der Waals surface area contributed by atoms with Crippen molar-refractivity contribution in [3.8, 4) is 11.8 Å². The number of unbranched alkanes of at least 4 members (excludes halogenated alkanes) is 1. The number of hydrogen-bond donors (Lipinski definition) is 1. The summed E-state index contributed by atoms with van der Waals surface area (Å²) in [5.74, 6) is 0.309. The number of hydrogen-bond acceptors (Lipinski definition) is 5. The average Bonchev–Trinajstić information content (AvgIpc) is 2.35. The van der Waals surface area contributed by atoms with Crippen molar-refractivity contribution in [1.82, 2.24) is 0 Å². The van der Waals surface area contributed by atoms with Gasteiger partial charge in [0.15, 0.2) is 0 Å². The van der Waals surface area contributed by atoms with Crippen molar-refractivity contribution in [2.24, 2.45) is 0 Å². The molecule has 0 saturated carbocycles. The smallest absolute Gasteiger partial charge is 0.309 e. The molecule has 0 heterocycles. The molecule has 5 nitrogen and oxygen atoms in total. The number of nitrogens with zero attached hydrogens (tertiary/aromatic N) is 1. The normalized spacial score (nSPS) is 9.50. The molecule has 0 unspecified atom stereocenters. The molecule has 5 heteroatoms. The molecule has 0 aliphatic rings. The molecule has 1 aromatic rings. The van der Waals surface area contributed by atoms with Crippen LogP contribution in [0.2, 0.25) is 0 Å². The molecule has 0 atom stereocenters. The van der Waals surface area contributed by atoms with E-state index in [1.807, 2.05) is 6.07 Å². The fraction of sp³-hybridized carbons (Fsp3) is 0.385. The molecule has 0 aromatic heterocycles. The van der Waals surface area contributed by atoms with E-state index in [-0.39, 0.29) is 25.6 Å². The molecule has 0 amide bonds. The van der Waals surface area contributed by atoms with Crippen LogP contribution in [0.25, 0.3) is 0 Å². The zero-order valence-corrected chi connectivity index (χ0v) is 10.1. The summed E-state index contributed by atoms with van der Waals surface area (Å²) in [6, 6.07) is 8.99. The van der Waals surface area contributed by atoms with Gasteiger partial charge in [0.25, 0.3) is 0 Å². The Morgan fingerprint density at radius 3 is 2.94 bits per heavy atom. The van der Waals surface area contributed by atoms with Crippen LogP contribution < -0.4 is 10.5 Å². The Bertz CT molecular complexity index is 426. The van der Waals surface area contributed by atoms with E-state index in [0.717, 1.165) is 0 Å². The van der Waals surface area contributed by atoms with Gasteiger partial charge in [0.1, 0.15) is 5.75 Å². The topological polar surface area (TPSA) is 85.3 Å². The van der Waals surface area contributed by atoms with Gasteiger partial charge in [-0.2, -0.15) is 5.26 Å². The second kappa shape index (κ2) is 7.96. The molecule has 18 heavy (non-hydrogen) atoms. The number of esters is 1. The number of nitrogens with two attached hydrogens (primary N) is 1. The summed E-state index contributed by atoms with van der Waals surface area (Å²) in [5.41, 5.74) is 6.20. The Kier molecular flexibility index (Phi) is 6.12. The lowest BCUT2D eigenvalue weighted by molar-refractivity contribution is -0.144. The van der Waals surface area contributed by atoms with Crippen LogP contribution in [-0.4, -0.2) is 19.2 Å². The van der Waals surface area contributed by atoms with Gasteiger partial charge < -0.3 is 15.2 Å². The maximum Gasteiger partial charge on any atom is 0.309 e. The number of ether oxygens (including phenoxy) is 2. The van der Waals surface area contributed by atoms with Crippen molar-refractivity contribution in [2.45, 2.75) is 19.3 Å². The maximum atomic E-state index is 11.3. The molecule has 0 fully saturated rings. The Morgan fingerprint density at radius 1 is 1.39 bits per heavy atom. The minimum Gasteiger partial charge on any atom is -0.493 e. The van der Waals surface area contributed by atoms with E-state index in [9.17, 15) is 4.79 Å². The van der Waals surface area contributed by atoms with Gasteiger partial charge in [0.2, 0.25) is 0 Å². The van der Waals surface area contributed by atoms with Crippen LogP contribution in [0.15, 0.2) is 24.3 Å². The highest BCUT2D eigenvalue weighted by molar-refractivity contribution is 5.69. The van der Waals surface area contributed by atoms with Crippen molar-refractivity contribution in [2.75, 3.05) is 18.9 Å². The first kappa shape index (κ1) is 13.8. The molecular weight excluding hydrogens is 232 g/mol. The Morgan fingerprint density at radius 2 is 2.22 bits per heavy atom. The standard InChI is InChI=1S/C13H16N2O3/c14-7-1-2-8-18-13(16)6-9-17-12-5-3-4-11(15)10-12/h3-5,10H,1-2,6,8-9,15H2. The molecule has 0 aliphatic heterocycles. The fourth-order valence-electron chi connectivity index (χ4n) is 1.27. The average molecular weight is 248 g/mol. The lowest BCUT2D eigenvalue weighted by Crippen LogP contribution is -2.10. The van der Waals surface area contributed by atoms with Crippen molar-refractivity contribution in [3.05, 3.63) is 24.3 Å². The van der Waals surface area contributed by atoms with Crippen LogP contribution in [0.3, 0.4) is 0 Å². The first-order valence-electron chi connectivity index (χ1n) is 5.73. The third-order valence-corrected chi connectivity index (χ3v) is 2.13. The predicted octanol–water partition coefficient (Wildman–Crippen LogP) is 1.88. The zero-order valence-electron chi connectivity index (χ0n) is 10.1. The van der Waals surface area contributed by atoms with Crippen LogP contribution >= 0.6 is 0 Å². The molecule has 0 aliphatic carbocycles. The van der Waals surface area contributed by atoms with Gasteiger partial charge in [-0.3, -0.25) is 4.79 Å². The van der Waals surface area contributed by atoms with Crippen LogP contribution in [-0.2, 0) is 9.53 Å². The van der Waals surface area contributed by atoms with Gasteiger partial charge in [0, 0.05) is 18.2 Å². The van der Waals surface area contributed by atoms with Crippen molar-refractivity contribution in [1.29, 1.82) is 5.26 Å². The van der Waals surface area contributed by atoms with Crippen LogP contribution in [0.4, 0.5) is 5.69 Å². The highest BCUT2D eigenvalue weighted by Gasteiger charge is 2.03. The number of rotatable bonds is 7. The zero-order chi connectivity index (χ0) is 13.2. The highest BCUT2D eigenvalue weighted by atomic mass is 16.5. The van der Waals surface area contributed by atoms with E-state index in [4.69, 9.17) is 20.5 Å². The van der Waals surface area contributed by atoms with Gasteiger partial charge in [-0.15, -0.1) is 0 Å². The van der Waals surface area contributed by atoms with Gasteiger partial charge in [-0.25, -0.2) is 0 Å². The number of carbonyl (C=O) groups is 1. The van der Waals surface area contributed by atoms with Gasteiger partial charge in [-0.1, -0.05) is 6.07 Å². The second-order valence-corrected chi connectivity index (χ2v) is 3.65. The van der Waals surface area contributed by atoms with Crippen LogP contribution in [0, 0.1) is 11.3 Å². The summed E-state index contributed by atoms with van der Waals surface area (Å²) < 4.78 is 10.3. The Hall–Kier alpha value is -2.22. The molecule has 0 saturated heterocycles. The fourth-order valence-corrected chi connectivity index (χ4v) is 1.27. The van der Waals surface area contributed by atoms with Gasteiger partial charge >= 0.3 is 5.97 Å². The van der Waals surface area contributed by atoms with Crippen molar-refractivity contribution < 1.29 is 14.3 Å². The number of anilines is 1. The molecule has 1 aromatic carbocycles. The molecule has 0 bridgehead atoms. The van der Waals surface area contributed by atoms with Gasteiger partial charge in [0.05, 0.1) is 25.7 Å². The largest absolute Gasteiger partial charge is 0.493 e. The number of nitriles is 1. The molecule has 96 valence electrons. The third-order valence-electron chi connectivity index (χ3n) is 2.13. The van der Waals surface area contributed by atoms with Crippen LogP contribution in [0.1, 0.15) is 19.3 Å². The lowest BCUT2D eigenvalue weighted by Gasteiger charge is -2.06. The van der Waals surface area contributed by atoms with E-state index in [1.54, 1.807) is 24.3 Å². The summed E-state index contributed by atoms with van der Waals surface area (Å²) in [7, 11) is 0. The maximum absolute atomic E-state index is 11.3. The quantitative estimate of drug-likeness (QED) is 0.452. The Labute approximate surface area is 106 Å². The minimum absolute atomic E-state index is 0.182. The third kappa shape index (κ3) is 5.75. The minimum atomic E-state index is -0.322. The highest BCUT2D eigenvalue weighted by Crippen LogP contribution is 2.14.